The molecule has 0 fully saturated rings. The molecule has 2 aromatic rings. The lowest BCUT2D eigenvalue weighted by Crippen LogP contribution is -2.40. The highest BCUT2D eigenvalue weighted by molar-refractivity contribution is 7.09. The molecule has 23 heavy (non-hydrogen) atoms. The number of nitrogens with one attached hydrogen (secondary N) is 1. The lowest BCUT2D eigenvalue weighted by atomic mass is 9.96. The molecule has 1 aromatic heterocycles. The van der Waals surface area contributed by atoms with Gasteiger partial charge in [0, 0.05) is 43.6 Å². The Bertz CT molecular complexity index is 700. The minimum absolute atomic E-state index is 0.0243. The summed E-state index contributed by atoms with van der Waals surface area (Å²) in [6, 6.07) is 7.74. The van der Waals surface area contributed by atoms with E-state index in [0.717, 1.165) is 22.7 Å². The summed E-state index contributed by atoms with van der Waals surface area (Å²) in [5.41, 5.74) is 1.91. The van der Waals surface area contributed by atoms with Gasteiger partial charge in [-0.05, 0) is 18.1 Å². The molecule has 0 bridgehead atoms. The molecule has 5 nitrogen and oxygen atoms in total. The van der Waals surface area contributed by atoms with Gasteiger partial charge in [0.1, 0.15) is 0 Å². The number of amides is 2. The first-order valence-corrected chi connectivity index (χ1v) is 8.58. The van der Waals surface area contributed by atoms with Gasteiger partial charge in [-0.15, -0.1) is 11.3 Å². The minimum atomic E-state index is -0.0365. The summed E-state index contributed by atoms with van der Waals surface area (Å²) in [5.74, 6) is 0.0577. The molecule has 6 heteroatoms. The van der Waals surface area contributed by atoms with Crippen LogP contribution in [0.2, 0.25) is 0 Å². The fourth-order valence-electron chi connectivity index (χ4n) is 2.90. The van der Waals surface area contributed by atoms with E-state index >= 15 is 0 Å². The van der Waals surface area contributed by atoms with Gasteiger partial charge in [0.05, 0.1) is 11.0 Å². The van der Waals surface area contributed by atoms with Crippen LogP contribution in [0.5, 0.6) is 0 Å². The van der Waals surface area contributed by atoms with Crippen LogP contribution in [-0.4, -0.2) is 23.3 Å². The summed E-state index contributed by atoms with van der Waals surface area (Å²) >= 11 is 1.57. The summed E-state index contributed by atoms with van der Waals surface area (Å²) in [5, 5.41) is 5.99. The van der Waals surface area contributed by atoms with Crippen LogP contribution in [0.1, 0.15) is 36.4 Å². The highest BCUT2D eigenvalue weighted by Crippen LogP contribution is 2.33. The predicted octanol–water partition coefficient (Wildman–Crippen LogP) is 2.69. The molecule has 2 heterocycles. The molecule has 3 rings (SSSR count). The number of anilines is 1. The van der Waals surface area contributed by atoms with Gasteiger partial charge in [-0.25, -0.2) is 4.98 Å². The zero-order valence-corrected chi connectivity index (χ0v) is 13.8. The van der Waals surface area contributed by atoms with Crippen molar-refractivity contribution >= 4 is 28.8 Å². The Balaban J connectivity index is 1.67. The van der Waals surface area contributed by atoms with Gasteiger partial charge in [0.15, 0.2) is 0 Å². The van der Waals surface area contributed by atoms with E-state index < -0.39 is 0 Å². The Morgan fingerprint density at radius 2 is 2.22 bits per heavy atom. The van der Waals surface area contributed by atoms with Crippen LogP contribution in [0.4, 0.5) is 5.69 Å². The fraction of sp³-hybridized carbons (Fsp3) is 0.353. The lowest BCUT2D eigenvalue weighted by molar-refractivity contribution is -0.121. The quantitative estimate of drug-likeness (QED) is 0.938. The fourth-order valence-corrected chi connectivity index (χ4v) is 3.52. The first-order valence-electron chi connectivity index (χ1n) is 7.70. The van der Waals surface area contributed by atoms with E-state index in [1.54, 1.807) is 29.4 Å². The second-order valence-electron chi connectivity index (χ2n) is 5.56. The molecular weight excluding hydrogens is 310 g/mol. The number of aromatic nitrogens is 1. The second-order valence-corrected chi connectivity index (χ2v) is 6.54. The number of hydrogen-bond donors (Lipinski definition) is 1. The minimum Gasteiger partial charge on any atom is -0.349 e. The number of hydrogen-bond acceptors (Lipinski definition) is 4. The van der Waals surface area contributed by atoms with E-state index in [1.165, 1.54) is 0 Å². The number of nitrogens with zero attached hydrogens (tertiary/aromatic N) is 2. The van der Waals surface area contributed by atoms with Gasteiger partial charge >= 0.3 is 0 Å². The lowest BCUT2D eigenvalue weighted by Gasteiger charge is -2.34. The number of rotatable bonds is 4. The van der Waals surface area contributed by atoms with Crippen LogP contribution < -0.4 is 10.2 Å². The van der Waals surface area contributed by atoms with Crippen molar-refractivity contribution in [2.75, 3.05) is 11.4 Å². The van der Waals surface area contributed by atoms with Gasteiger partial charge in [0.25, 0.3) is 0 Å². The van der Waals surface area contributed by atoms with E-state index in [-0.39, 0.29) is 17.9 Å². The van der Waals surface area contributed by atoms with Gasteiger partial charge < -0.3 is 10.2 Å². The predicted molar refractivity (Wildman–Crippen MR) is 90.4 cm³/mol. The van der Waals surface area contributed by atoms with Crippen molar-refractivity contribution in [1.29, 1.82) is 0 Å². The smallest absolute Gasteiger partial charge is 0.223 e. The van der Waals surface area contributed by atoms with Gasteiger partial charge in [-0.2, -0.15) is 0 Å². The SMILES string of the molecule is CC(=O)N1CCC(NC(=O)CCc2nccs2)c2ccccc21. The van der Waals surface area contributed by atoms with Crippen molar-refractivity contribution in [2.24, 2.45) is 0 Å². The van der Waals surface area contributed by atoms with E-state index in [4.69, 9.17) is 0 Å². The Morgan fingerprint density at radius 1 is 1.39 bits per heavy atom. The molecule has 1 aliphatic rings. The van der Waals surface area contributed by atoms with Crippen LogP contribution in [0, 0.1) is 0 Å². The van der Waals surface area contributed by atoms with Gasteiger partial charge in [0.2, 0.25) is 11.8 Å². The Hall–Kier alpha value is -2.21. The van der Waals surface area contributed by atoms with Gasteiger partial charge in [-0.1, -0.05) is 18.2 Å². The van der Waals surface area contributed by atoms with Crippen LogP contribution in [0.25, 0.3) is 0 Å². The molecule has 2 amide bonds. The number of carbonyl (C=O) groups is 2. The van der Waals surface area contributed by atoms with E-state index in [2.05, 4.69) is 10.3 Å². The molecule has 1 atom stereocenters. The molecule has 0 saturated carbocycles. The number of carbonyl (C=O) groups excluding carboxylic acids is 2. The average molecular weight is 329 g/mol. The van der Waals surface area contributed by atoms with Crippen LogP contribution in [0.3, 0.4) is 0 Å². The summed E-state index contributed by atoms with van der Waals surface area (Å²) in [6.07, 6.45) is 3.59. The molecule has 1 unspecified atom stereocenters. The molecule has 0 radical (unpaired) electrons. The maximum Gasteiger partial charge on any atom is 0.223 e. The molecule has 120 valence electrons. The molecule has 1 aliphatic heterocycles. The maximum absolute atomic E-state index is 12.2. The van der Waals surface area contributed by atoms with Crippen LogP contribution in [-0.2, 0) is 16.0 Å². The Kier molecular flexibility index (Phi) is 4.71. The highest BCUT2D eigenvalue weighted by atomic mass is 32.1. The number of para-hydroxylation sites is 1. The third-order valence-corrected chi connectivity index (χ3v) is 4.85. The zero-order valence-electron chi connectivity index (χ0n) is 13.0. The van der Waals surface area contributed by atoms with E-state index in [9.17, 15) is 9.59 Å². The number of fused-ring (bicyclic) bond motifs is 1. The third-order valence-electron chi connectivity index (χ3n) is 4.01. The number of thiazole rings is 1. The third kappa shape index (κ3) is 3.59. The first kappa shape index (κ1) is 15.7. The normalized spacial score (nSPS) is 16.7. The van der Waals surface area contributed by atoms with Crippen molar-refractivity contribution in [3.8, 4) is 0 Å². The number of benzene rings is 1. The van der Waals surface area contributed by atoms with Gasteiger partial charge in [-0.3, -0.25) is 9.59 Å². The topological polar surface area (TPSA) is 62.3 Å². The summed E-state index contributed by atoms with van der Waals surface area (Å²) in [4.78, 5) is 29.9. The second kappa shape index (κ2) is 6.91. The monoisotopic (exact) mass is 329 g/mol. The average Bonchev–Trinajstić information content (AvgIpc) is 3.06. The van der Waals surface area contributed by atoms with Crippen molar-refractivity contribution in [3.63, 3.8) is 0 Å². The number of aryl methyl sites for hydroxylation is 1. The first-order chi connectivity index (χ1) is 11.1. The largest absolute Gasteiger partial charge is 0.349 e. The summed E-state index contributed by atoms with van der Waals surface area (Å²) in [6.45, 7) is 2.20. The van der Waals surface area contributed by atoms with E-state index in [0.29, 0.717) is 19.4 Å². The van der Waals surface area contributed by atoms with Crippen molar-refractivity contribution in [3.05, 3.63) is 46.4 Å². The Morgan fingerprint density at radius 3 is 2.96 bits per heavy atom. The van der Waals surface area contributed by atoms with Crippen molar-refractivity contribution in [2.45, 2.75) is 32.2 Å². The molecule has 1 aromatic carbocycles. The van der Waals surface area contributed by atoms with Crippen LogP contribution in [0.15, 0.2) is 35.8 Å². The highest BCUT2D eigenvalue weighted by Gasteiger charge is 2.27. The molecule has 0 aliphatic carbocycles. The summed E-state index contributed by atoms with van der Waals surface area (Å²) < 4.78 is 0. The standard InChI is InChI=1S/C17H19N3O2S/c1-12(21)20-10-8-14(13-4-2-3-5-15(13)20)19-16(22)6-7-17-18-9-11-23-17/h2-5,9,11,14H,6-8,10H2,1H3,(H,19,22). The van der Waals surface area contributed by atoms with E-state index in [1.807, 2.05) is 29.6 Å². The molecule has 0 saturated heterocycles. The van der Waals surface area contributed by atoms with Crippen molar-refractivity contribution in [1.82, 2.24) is 10.3 Å². The van der Waals surface area contributed by atoms with Crippen molar-refractivity contribution < 1.29 is 9.59 Å². The molecule has 1 N–H and O–H groups in total. The Labute approximate surface area is 139 Å². The summed E-state index contributed by atoms with van der Waals surface area (Å²) in [7, 11) is 0. The molecule has 0 spiro atoms. The maximum atomic E-state index is 12.2. The molecular formula is C17H19N3O2S. The zero-order chi connectivity index (χ0) is 16.2. The van der Waals surface area contributed by atoms with Crippen LogP contribution >= 0.6 is 11.3 Å².